The third-order valence-electron chi connectivity index (χ3n) is 9.56. The van der Waals surface area contributed by atoms with E-state index >= 15 is 0 Å². The highest BCUT2D eigenvalue weighted by Crippen LogP contribution is 2.48. The Balaban J connectivity index is 1.95. The number of rotatable bonds is 4. The van der Waals surface area contributed by atoms with Gasteiger partial charge in [-0.05, 0) is 106 Å². The zero-order valence-electron chi connectivity index (χ0n) is 31.9. The molecule has 0 saturated carbocycles. The van der Waals surface area contributed by atoms with Gasteiger partial charge in [-0.3, -0.25) is 0 Å². The zero-order valence-corrected chi connectivity index (χ0v) is 32.7. The first-order valence-electron chi connectivity index (χ1n) is 17.0. The molecule has 4 aromatic carbocycles. The van der Waals surface area contributed by atoms with Crippen molar-refractivity contribution in [2.75, 3.05) is 0 Å². The van der Waals surface area contributed by atoms with E-state index < -0.39 is 0 Å². The standard InChI is InChI=1S/C44H58O2S/c1-25-17-19-31(33-21-29(41(5,6)7)23-35(37(33)45)43(11,12)13)27(3)39(25)47-40-26(2)18-20-32(28(40)4)34-22-30(42(8,9)10)24-36(38(34)46)44(14,15)16/h17-24,45-46H,1-16H3. The van der Waals surface area contributed by atoms with Gasteiger partial charge in [-0.1, -0.05) is 131 Å². The van der Waals surface area contributed by atoms with Crippen molar-refractivity contribution in [3.05, 3.63) is 93.0 Å². The van der Waals surface area contributed by atoms with E-state index in [1.165, 1.54) is 32.0 Å². The summed E-state index contributed by atoms with van der Waals surface area (Å²) in [6, 6.07) is 17.5. The summed E-state index contributed by atoms with van der Waals surface area (Å²) in [5.74, 6) is 0.734. The summed E-state index contributed by atoms with van der Waals surface area (Å²) < 4.78 is 0. The lowest BCUT2D eigenvalue weighted by Gasteiger charge is -2.28. The van der Waals surface area contributed by atoms with Gasteiger partial charge in [0.2, 0.25) is 0 Å². The second kappa shape index (κ2) is 12.4. The number of hydrogen-bond donors (Lipinski definition) is 2. The van der Waals surface area contributed by atoms with Crippen LogP contribution in [0.15, 0.2) is 58.3 Å². The fraction of sp³-hybridized carbons (Fsp3) is 0.455. The zero-order chi connectivity index (χ0) is 35.6. The molecular formula is C44H58O2S. The van der Waals surface area contributed by atoms with Gasteiger partial charge in [0, 0.05) is 32.0 Å². The minimum absolute atomic E-state index is 0.0595. The first kappa shape index (κ1) is 36.7. The summed E-state index contributed by atoms with van der Waals surface area (Å²) >= 11 is 1.80. The lowest BCUT2D eigenvalue weighted by Crippen LogP contribution is -2.17. The van der Waals surface area contributed by atoms with Crippen LogP contribution in [0.5, 0.6) is 11.5 Å². The predicted molar refractivity (Wildman–Crippen MR) is 205 cm³/mol. The Kier molecular flexibility index (Phi) is 9.65. The second-order valence-electron chi connectivity index (χ2n) is 17.7. The summed E-state index contributed by atoms with van der Waals surface area (Å²) in [6.45, 7) is 35.1. The van der Waals surface area contributed by atoms with Crippen LogP contribution in [0.2, 0.25) is 0 Å². The molecule has 0 aliphatic rings. The Labute approximate surface area is 290 Å². The van der Waals surface area contributed by atoms with Crippen LogP contribution in [0.3, 0.4) is 0 Å². The van der Waals surface area contributed by atoms with E-state index in [1.807, 2.05) is 0 Å². The smallest absolute Gasteiger partial charge is 0.127 e. The normalized spacial score (nSPS) is 12.9. The van der Waals surface area contributed by atoms with E-state index in [9.17, 15) is 10.2 Å². The fourth-order valence-corrected chi connectivity index (χ4v) is 7.53. The van der Waals surface area contributed by atoms with Crippen molar-refractivity contribution in [2.45, 2.75) is 142 Å². The van der Waals surface area contributed by atoms with E-state index in [-0.39, 0.29) is 21.7 Å². The molecule has 0 aliphatic carbocycles. The molecule has 4 rings (SSSR count). The molecule has 0 saturated heterocycles. The number of phenols is 2. The van der Waals surface area contributed by atoms with Gasteiger partial charge < -0.3 is 10.2 Å². The number of phenolic OH excluding ortho intramolecular Hbond substituents is 2. The average molecular weight is 651 g/mol. The molecule has 0 unspecified atom stereocenters. The van der Waals surface area contributed by atoms with Crippen LogP contribution in [0.1, 0.15) is 128 Å². The SMILES string of the molecule is Cc1ccc(-c2cc(C(C)(C)C)cc(C(C)(C)C)c2O)c(C)c1Sc1c(C)ccc(-c2cc(C(C)(C)C)cc(C(C)(C)C)c2O)c1C. The highest BCUT2D eigenvalue weighted by molar-refractivity contribution is 7.99. The Bertz CT molecular complexity index is 1700. The Hall–Kier alpha value is -3.17. The summed E-state index contributed by atoms with van der Waals surface area (Å²) in [7, 11) is 0. The molecule has 0 bridgehead atoms. The summed E-state index contributed by atoms with van der Waals surface area (Å²) in [5.41, 5.74) is 12.5. The van der Waals surface area contributed by atoms with Crippen molar-refractivity contribution >= 4 is 11.8 Å². The largest absolute Gasteiger partial charge is 0.507 e. The molecule has 2 nitrogen and oxygen atoms in total. The van der Waals surface area contributed by atoms with Gasteiger partial charge >= 0.3 is 0 Å². The summed E-state index contributed by atoms with van der Waals surface area (Å²) in [6.07, 6.45) is 0. The quantitative estimate of drug-likeness (QED) is 0.231. The third kappa shape index (κ3) is 7.31. The minimum Gasteiger partial charge on any atom is -0.507 e. The van der Waals surface area contributed by atoms with Crippen LogP contribution in [-0.2, 0) is 21.7 Å². The molecule has 0 fully saturated rings. The van der Waals surface area contributed by atoms with Crippen molar-refractivity contribution in [3.63, 3.8) is 0 Å². The average Bonchev–Trinajstić information content (AvgIpc) is 2.91. The van der Waals surface area contributed by atoms with Crippen molar-refractivity contribution < 1.29 is 10.2 Å². The predicted octanol–water partition coefficient (Wildman–Crippen LogP) is 13.0. The molecule has 0 radical (unpaired) electrons. The maximum atomic E-state index is 11.7. The van der Waals surface area contributed by atoms with Crippen LogP contribution in [0, 0.1) is 27.7 Å². The number of aromatic hydroxyl groups is 2. The molecule has 2 N–H and O–H groups in total. The van der Waals surface area contributed by atoms with Gasteiger partial charge in [0.25, 0.3) is 0 Å². The Morgan fingerprint density at radius 1 is 0.426 bits per heavy atom. The van der Waals surface area contributed by atoms with Crippen LogP contribution < -0.4 is 0 Å². The molecule has 4 aromatic rings. The molecule has 0 amide bonds. The van der Waals surface area contributed by atoms with E-state index in [4.69, 9.17) is 0 Å². The highest BCUT2D eigenvalue weighted by Gasteiger charge is 2.28. The molecule has 0 heterocycles. The lowest BCUT2D eigenvalue weighted by molar-refractivity contribution is 0.446. The maximum Gasteiger partial charge on any atom is 0.127 e. The first-order valence-corrected chi connectivity index (χ1v) is 17.8. The van der Waals surface area contributed by atoms with Gasteiger partial charge in [-0.15, -0.1) is 0 Å². The van der Waals surface area contributed by atoms with Crippen LogP contribution in [-0.4, -0.2) is 10.2 Å². The van der Waals surface area contributed by atoms with E-state index in [0.717, 1.165) is 44.5 Å². The van der Waals surface area contributed by atoms with E-state index in [2.05, 4.69) is 159 Å². The maximum absolute atomic E-state index is 11.7. The molecule has 0 atom stereocenters. The number of aryl methyl sites for hydroxylation is 2. The Morgan fingerprint density at radius 3 is 1.02 bits per heavy atom. The third-order valence-corrected chi connectivity index (χ3v) is 11.2. The molecule has 3 heteroatoms. The van der Waals surface area contributed by atoms with Gasteiger partial charge in [0.05, 0.1) is 0 Å². The van der Waals surface area contributed by atoms with Crippen LogP contribution in [0.4, 0.5) is 0 Å². The number of hydrogen-bond acceptors (Lipinski definition) is 3. The van der Waals surface area contributed by atoms with Crippen LogP contribution >= 0.6 is 11.8 Å². The van der Waals surface area contributed by atoms with E-state index in [0.29, 0.717) is 11.5 Å². The second-order valence-corrected chi connectivity index (χ2v) is 18.7. The Morgan fingerprint density at radius 2 is 0.745 bits per heavy atom. The van der Waals surface area contributed by atoms with Crippen molar-refractivity contribution in [3.8, 4) is 33.8 Å². The van der Waals surface area contributed by atoms with Gasteiger partial charge in [-0.2, -0.15) is 0 Å². The van der Waals surface area contributed by atoms with Gasteiger partial charge in [-0.25, -0.2) is 0 Å². The van der Waals surface area contributed by atoms with Crippen molar-refractivity contribution in [2.24, 2.45) is 0 Å². The van der Waals surface area contributed by atoms with Crippen molar-refractivity contribution in [1.82, 2.24) is 0 Å². The monoisotopic (exact) mass is 650 g/mol. The topological polar surface area (TPSA) is 40.5 Å². The number of benzene rings is 4. The highest BCUT2D eigenvalue weighted by atomic mass is 32.2. The summed E-state index contributed by atoms with van der Waals surface area (Å²) in [4.78, 5) is 2.40. The molecule has 252 valence electrons. The van der Waals surface area contributed by atoms with Crippen molar-refractivity contribution in [1.29, 1.82) is 0 Å². The van der Waals surface area contributed by atoms with Gasteiger partial charge in [0.15, 0.2) is 0 Å². The fourth-order valence-electron chi connectivity index (χ4n) is 6.34. The van der Waals surface area contributed by atoms with Crippen LogP contribution in [0.25, 0.3) is 22.3 Å². The molecule has 0 aromatic heterocycles. The molecule has 47 heavy (non-hydrogen) atoms. The van der Waals surface area contributed by atoms with E-state index in [1.54, 1.807) is 11.8 Å². The van der Waals surface area contributed by atoms with Gasteiger partial charge in [0.1, 0.15) is 11.5 Å². The summed E-state index contributed by atoms with van der Waals surface area (Å²) in [5, 5.41) is 23.5. The molecule has 0 spiro atoms. The molecular weight excluding hydrogens is 593 g/mol. The first-order chi connectivity index (χ1) is 21.3. The molecule has 0 aliphatic heterocycles. The minimum atomic E-state index is -0.201. The lowest BCUT2D eigenvalue weighted by atomic mass is 9.78.